The monoisotopic (exact) mass is 188 g/mol. The van der Waals surface area contributed by atoms with Crippen molar-refractivity contribution < 1.29 is 0 Å². The number of aromatic nitrogens is 2. The van der Waals surface area contributed by atoms with Gasteiger partial charge >= 0.3 is 0 Å². The van der Waals surface area contributed by atoms with E-state index in [1.807, 2.05) is 31.2 Å². The molecule has 0 aliphatic rings. The number of hydrogen-bond donors (Lipinski definition) is 3. The maximum Gasteiger partial charge on any atom is 0.155 e. The van der Waals surface area contributed by atoms with Crippen LogP contribution in [0.5, 0.6) is 0 Å². The SMILES string of the molecule is Cc1cccc(-c2c(N)n[nH]c2N)c1. The van der Waals surface area contributed by atoms with Gasteiger partial charge in [-0.1, -0.05) is 29.8 Å². The first kappa shape index (κ1) is 8.62. The molecule has 0 radical (unpaired) electrons. The smallest absolute Gasteiger partial charge is 0.155 e. The van der Waals surface area contributed by atoms with Crippen molar-refractivity contribution in [3.8, 4) is 11.1 Å². The zero-order valence-electron chi connectivity index (χ0n) is 7.91. The van der Waals surface area contributed by atoms with E-state index in [4.69, 9.17) is 11.5 Å². The highest BCUT2D eigenvalue weighted by molar-refractivity contribution is 5.83. The zero-order valence-corrected chi connectivity index (χ0v) is 7.91. The van der Waals surface area contributed by atoms with Gasteiger partial charge in [-0.2, -0.15) is 5.10 Å². The van der Waals surface area contributed by atoms with E-state index in [0.29, 0.717) is 11.6 Å². The third-order valence-electron chi connectivity index (χ3n) is 2.13. The maximum absolute atomic E-state index is 5.73. The van der Waals surface area contributed by atoms with Gasteiger partial charge in [-0.25, -0.2) is 0 Å². The van der Waals surface area contributed by atoms with Crippen molar-refractivity contribution in [1.82, 2.24) is 10.2 Å². The number of nitrogens with zero attached hydrogens (tertiary/aromatic N) is 1. The fourth-order valence-electron chi connectivity index (χ4n) is 1.47. The number of rotatable bonds is 1. The number of aromatic amines is 1. The van der Waals surface area contributed by atoms with Crippen molar-refractivity contribution >= 4 is 11.6 Å². The van der Waals surface area contributed by atoms with Crippen molar-refractivity contribution in [2.45, 2.75) is 6.92 Å². The van der Waals surface area contributed by atoms with E-state index in [2.05, 4.69) is 10.2 Å². The number of benzene rings is 1. The highest BCUT2D eigenvalue weighted by Gasteiger charge is 2.09. The van der Waals surface area contributed by atoms with Gasteiger partial charge in [0, 0.05) is 0 Å². The number of anilines is 2. The Morgan fingerprint density at radius 3 is 2.64 bits per heavy atom. The number of nitrogens with two attached hydrogens (primary N) is 2. The minimum atomic E-state index is 0.438. The largest absolute Gasteiger partial charge is 0.383 e. The second-order valence-electron chi connectivity index (χ2n) is 3.27. The molecule has 5 N–H and O–H groups in total. The van der Waals surface area contributed by atoms with Crippen molar-refractivity contribution in [1.29, 1.82) is 0 Å². The summed E-state index contributed by atoms with van der Waals surface area (Å²) in [7, 11) is 0. The molecule has 72 valence electrons. The Balaban J connectivity index is 2.59. The lowest BCUT2D eigenvalue weighted by atomic mass is 10.1. The summed E-state index contributed by atoms with van der Waals surface area (Å²) < 4.78 is 0. The van der Waals surface area contributed by atoms with Crippen LogP contribution in [-0.4, -0.2) is 10.2 Å². The van der Waals surface area contributed by atoms with Crippen LogP contribution in [0.3, 0.4) is 0 Å². The maximum atomic E-state index is 5.73. The van der Waals surface area contributed by atoms with E-state index < -0.39 is 0 Å². The highest BCUT2D eigenvalue weighted by Crippen LogP contribution is 2.29. The van der Waals surface area contributed by atoms with Gasteiger partial charge in [0.2, 0.25) is 0 Å². The third-order valence-corrected chi connectivity index (χ3v) is 2.13. The van der Waals surface area contributed by atoms with E-state index in [1.54, 1.807) is 0 Å². The summed E-state index contributed by atoms with van der Waals surface area (Å²) in [6, 6.07) is 7.98. The minimum absolute atomic E-state index is 0.438. The summed E-state index contributed by atoms with van der Waals surface area (Å²) in [5, 5.41) is 6.51. The lowest BCUT2D eigenvalue weighted by Gasteiger charge is -2.01. The highest BCUT2D eigenvalue weighted by atomic mass is 15.2. The molecule has 14 heavy (non-hydrogen) atoms. The molecular formula is C10H12N4. The third kappa shape index (κ3) is 1.31. The van der Waals surface area contributed by atoms with E-state index in [0.717, 1.165) is 11.1 Å². The van der Waals surface area contributed by atoms with Gasteiger partial charge < -0.3 is 11.5 Å². The first-order valence-corrected chi connectivity index (χ1v) is 4.35. The van der Waals surface area contributed by atoms with E-state index >= 15 is 0 Å². The molecule has 0 bridgehead atoms. The Hall–Kier alpha value is -1.97. The fraction of sp³-hybridized carbons (Fsp3) is 0.100. The molecule has 1 heterocycles. The van der Waals surface area contributed by atoms with Crippen LogP contribution in [0.4, 0.5) is 11.6 Å². The molecule has 0 atom stereocenters. The minimum Gasteiger partial charge on any atom is -0.383 e. The van der Waals surface area contributed by atoms with Gasteiger partial charge in [-0.05, 0) is 12.5 Å². The molecule has 0 saturated heterocycles. The Bertz CT molecular complexity index is 439. The quantitative estimate of drug-likeness (QED) is 0.635. The van der Waals surface area contributed by atoms with Crippen LogP contribution in [0.1, 0.15) is 5.56 Å². The normalized spacial score (nSPS) is 10.4. The molecule has 0 amide bonds. The van der Waals surface area contributed by atoms with Gasteiger partial charge in [0.15, 0.2) is 5.82 Å². The molecule has 4 heteroatoms. The van der Waals surface area contributed by atoms with Gasteiger partial charge in [-0.3, -0.25) is 5.10 Å². The molecule has 1 aromatic carbocycles. The molecule has 0 fully saturated rings. The summed E-state index contributed by atoms with van der Waals surface area (Å²) >= 11 is 0. The molecule has 0 unspecified atom stereocenters. The lowest BCUT2D eigenvalue weighted by Crippen LogP contribution is -1.91. The van der Waals surface area contributed by atoms with E-state index in [9.17, 15) is 0 Å². The Kier molecular flexibility index (Phi) is 1.89. The average Bonchev–Trinajstić information content (AvgIpc) is 2.46. The van der Waals surface area contributed by atoms with Crippen molar-refractivity contribution in [2.75, 3.05) is 11.5 Å². The van der Waals surface area contributed by atoms with Crippen LogP contribution < -0.4 is 11.5 Å². The van der Waals surface area contributed by atoms with Crippen LogP contribution in [0.2, 0.25) is 0 Å². The fourth-order valence-corrected chi connectivity index (χ4v) is 1.47. The topological polar surface area (TPSA) is 80.7 Å². The average molecular weight is 188 g/mol. The second kappa shape index (κ2) is 3.06. The van der Waals surface area contributed by atoms with Gasteiger partial charge in [-0.15, -0.1) is 0 Å². The number of hydrogen-bond acceptors (Lipinski definition) is 3. The van der Waals surface area contributed by atoms with Crippen molar-refractivity contribution in [3.63, 3.8) is 0 Å². The number of nitrogens with one attached hydrogen (secondary N) is 1. The van der Waals surface area contributed by atoms with Gasteiger partial charge in [0.1, 0.15) is 5.82 Å². The summed E-state index contributed by atoms with van der Waals surface area (Å²) in [6.07, 6.45) is 0. The predicted molar refractivity (Wildman–Crippen MR) is 57.6 cm³/mol. The Morgan fingerprint density at radius 1 is 1.29 bits per heavy atom. The summed E-state index contributed by atoms with van der Waals surface area (Å²) in [5.74, 6) is 0.946. The molecule has 0 spiro atoms. The first-order valence-electron chi connectivity index (χ1n) is 4.35. The number of nitrogen functional groups attached to an aromatic ring is 2. The molecule has 0 aliphatic heterocycles. The molecule has 1 aromatic heterocycles. The summed E-state index contributed by atoms with van der Waals surface area (Å²) in [5.41, 5.74) is 14.4. The van der Waals surface area contributed by atoms with Crippen LogP contribution in [0, 0.1) is 6.92 Å². The Morgan fingerprint density at radius 2 is 2.07 bits per heavy atom. The van der Waals surface area contributed by atoms with Crippen molar-refractivity contribution in [2.24, 2.45) is 0 Å². The van der Waals surface area contributed by atoms with Gasteiger partial charge in [0.25, 0.3) is 0 Å². The predicted octanol–water partition coefficient (Wildman–Crippen LogP) is 1.55. The first-order chi connectivity index (χ1) is 6.68. The van der Waals surface area contributed by atoms with Crippen LogP contribution in [0.15, 0.2) is 24.3 Å². The van der Waals surface area contributed by atoms with Crippen molar-refractivity contribution in [3.05, 3.63) is 29.8 Å². The molecule has 2 rings (SSSR count). The van der Waals surface area contributed by atoms with Gasteiger partial charge in [0.05, 0.1) is 5.56 Å². The molecule has 4 nitrogen and oxygen atoms in total. The number of aryl methyl sites for hydroxylation is 1. The summed E-state index contributed by atoms with van der Waals surface area (Å²) in [4.78, 5) is 0. The summed E-state index contributed by atoms with van der Waals surface area (Å²) in [6.45, 7) is 2.02. The van der Waals surface area contributed by atoms with Crippen LogP contribution >= 0.6 is 0 Å². The standard InChI is InChI=1S/C10H12N4/c1-6-3-2-4-7(5-6)8-9(11)13-14-10(8)12/h2-5H,1H3,(H5,11,12,13,14). The molecule has 0 saturated carbocycles. The van der Waals surface area contributed by atoms with Crippen LogP contribution in [-0.2, 0) is 0 Å². The van der Waals surface area contributed by atoms with E-state index in [-0.39, 0.29) is 0 Å². The number of H-pyrrole nitrogens is 1. The molecular weight excluding hydrogens is 176 g/mol. The van der Waals surface area contributed by atoms with Crippen LogP contribution in [0.25, 0.3) is 11.1 Å². The second-order valence-corrected chi connectivity index (χ2v) is 3.27. The van der Waals surface area contributed by atoms with E-state index in [1.165, 1.54) is 5.56 Å². The molecule has 0 aliphatic carbocycles. The Labute approximate surface area is 81.9 Å². The lowest BCUT2D eigenvalue weighted by molar-refractivity contribution is 1.11. The molecule has 2 aromatic rings. The zero-order chi connectivity index (χ0) is 10.1.